The third-order valence-electron chi connectivity index (χ3n) is 1.27. The first kappa shape index (κ1) is 10.5. The molecule has 0 bridgehead atoms. The molecule has 0 radical (unpaired) electrons. The van der Waals surface area contributed by atoms with Crippen molar-refractivity contribution in [3.05, 3.63) is 11.7 Å². The summed E-state index contributed by atoms with van der Waals surface area (Å²) in [7, 11) is 0. The molecule has 0 aliphatic carbocycles. The summed E-state index contributed by atoms with van der Waals surface area (Å²) in [5.74, 6) is 2.98. The van der Waals surface area contributed by atoms with Crippen LogP contribution in [0.3, 0.4) is 0 Å². The number of thioether (sulfide) groups is 1. The van der Waals surface area contributed by atoms with Gasteiger partial charge in [0.1, 0.15) is 0 Å². The molecule has 1 heterocycles. The molecule has 0 amide bonds. The van der Waals surface area contributed by atoms with Gasteiger partial charge < -0.3 is 10.3 Å². The third-order valence-corrected chi connectivity index (χ3v) is 2.67. The first-order valence-corrected chi connectivity index (χ1v) is 5.29. The van der Waals surface area contributed by atoms with Crippen molar-refractivity contribution in [2.45, 2.75) is 32.1 Å². The summed E-state index contributed by atoms with van der Waals surface area (Å²) in [5, 5.41) is 3.70. The van der Waals surface area contributed by atoms with Crippen LogP contribution in [0.15, 0.2) is 4.52 Å². The summed E-state index contributed by atoms with van der Waals surface area (Å²) >= 11 is 1.71. The van der Waals surface area contributed by atoms with Gasteiger partial charge in [0.2, 0.25) is 5.89 Å². The van der Waals surface area contributed by atoms with Gasteiger partial charge >= 0.3 is 0 Å². The van der Waals surface area contributed by atoms with Gasteiger partial charge in [-0.1, -0.05) is 5.16 Å². The van der Waals surface area contributed by atoms with Gasteiger partial charge in [0.15, 0.2) is 5.82 Å². The van der Waals surface area contributed by atoms with Crippen LogP contribution in [0.5, 0.6) is 0 Å². The second-order valence-electron chi connectivity index (χ2n) is 3.72. The number of aromatic nitrogens is 2. The van der Waals surface area contributed by atoms with Gasteiger partial charge in [-0.05, 0) is 20.8 Å². The van der Waals surface area contributed by atoms with E-state index in [0.29, 0.717) is 11.7 Å². The van der Waals surface area contributed by atoms with Gasteiger partial charge in [0, 0.05) is 11.3 Å². The van der Waals surface area contributed by atoms with Gasteiger partial charge in [0.25, 0.3) is 0 Å². The van der Waals surface area contributed by atoms with E-state index >= 15 is 0 Å². The van der Waals surface area contributed by atoms with E-state index in [9.17, 15) is 0 Å². The standard InChI is InChI=1S/C8H15N3OS/c1-6-10-7(12-11-6)4-13-5-8(2,3)9/h4-5,9H2,1-3H3. The minimum atomic E-state index is -0.139. The lowest BCUT2D eigenvalue weighted by Gasteiger charge is -2.16. The van der Waals surface area contributed by atoms with Crippen LogP contribution in [-0.2, 0) is 5.75 Å². The van der Waals surface area contributed by atoms with Crippen molar-refractivity contribution in [2.75, 3.05) is 5.75 Å². The number of nitrogens with zero attached hydrogens (tertiary/aromatic N) is 2. The van der Waals surface area contributed by atoms with Crippen molar-refractivity contribution in [2.24, 2.45) is 5.73 Å². The molecule has 5 heteroatoms. The molecule has 0 aliphatic rings. The van der Waals surface area contributed by atoms with Crippen molar-refractivity contribution in [1.82, 2.24) is 10.1 Å². The number of hydrogen-bond donors (Lipinski definition) is 1. The topological polar surface area (TPSA) is 64.9 Å². The molecule has 0 spiro atoms. The lowest BCUT2D eigenvalue weighted by Crippen LogP contribution is -2.34. The van der Waals surface area contributed by atoms with E-state index in [4.69, 9.17) is 10.3 Å². The monoisotopic (exact) mass is 201 g/mol. The number of rotatable bonds is 4. The second-order valence-corrected chi connectivity index (χ2v) is 4.70. The van der Waals surface area contributed by atoms with Gasteiger partial charge in [-0.15, -0.1) is 0 Å². The highest BCUT2D eigenvalue weighted by Crippen LogP contribution is 2.14. The van der Waals surface area contributed by atoms with Crippen molar-refractivity contribution in [1.29, 1.82) is 0 Å². The Hall–Kier alpha value is -0.550. The highest BCUT2D eigenvalue weighted by atomic mass is 32.2. The summed E-state index contributed by atoms with van der Waals surface area (Å²) in [6, 6.07) is 0. The fourth-order valence-corrected chi connectivity index (χ4v) is 1.72. The Kier molecular flexibility index (Phi) is 3.33. The smallest absolute Gasteiger partial charge is 0.236 e. The Bertz CT molecular complexity index is 267. The van der Waals surface area contributed by atoms with E-state index in [1.54, 1.807) is 11.8 Å². The van der Waals surface area contributed by atoms with E-state index < -0.39 is 0 Å². The zero-order chi connectivity index (χ0) is 9.90. The Morgan fingerprint density at radius 2 is 2.23 bits per heavy atom. The van der Waals surface area contributed by atoms with Crippen LogP contribution in [0.1, 0.15) is 25.6 Å². The maximum Gasteiger partial charge on any atom is 0.236 e. The molecule has 2 N–H and O–H groups in total. The predicted molar refractivity (Wildman–Crippen MR) is 53.5 cm³/mol. The van der Waals surface area contributed by atoms with Crippen LogP contribution >= 0.6 is 11.8 Å². The molecule has 0 saturated carbocycles. The molecule has 0 saturated heterocycles. The highest BCUT2D eigenvalue weighted by molar-refractivity contribution is 7.98. The van der Waals surface area contributed by atoms with Crippen LogP contribution in [0.4, 0.5) is 0 Å². The largest absolute Gasteiger partial charge is 0.338 e. The quantitative estimate of drug-likeness (QED) is 0.796. The summed E-state index contributed by atoms with van der Waals surface area (Å²) in [6.45, 7) is 5.81. The normalized spacial score (nSPS) is 12.0. The fraction of sp³-hybridized carbons (Fsp3) is 0.750. The molecule has 0 aromatic carbocycles. The van der Waals surface area contributed by atoms with Gasteiger partial charge in [-0.2, -0.15) is 16.7 Å². The fourth-order valence-electron chi connectivity index (χ4n) is 0.800. The maximum atomic E-state index is 5.82. The summed E-state index contributed by atoms with van der Waals surface area (Å²) < 4.78 is 4.96. The third kappa shape index (κ3) is 4.28. The Labute approximate surface area is 82.3 Å². The zero-order valence-corrected chi connectivity index (χ0v) is 9.02. The minimum Gasteiger partial charge on any atom is -0.338 e. The van der Waals surface area contributed by atoms with Crippen molar-refractivity contribution < 1.29 is 4.52 Å². The first-order valence-electron chi connectivity index (χ1n) is 4.13. The Morgan fingerprint density at radius 3 is 2.69 bits per heavy atom. The molecule has 1 rings (SSSR count). The number of hydrogen-bond acceptors (Lipinski definition) is 5. The van der Waals surface area contributed by atoms with Gasteiger partial charge in [-0.25, -0.2) is 0 Å². The van der Waals surface area contributed by atoms with Gasteiger partial charge in [0.05, 0.1) is 5.75 Å². The van der Waals surface area contributed by atoms with Gasteiger partial charge in [-0.3, -0.25) is 0 Å². The molecular formula is C8H15N3OS. The molecule has 4 nitrogen and oxygen atoms in total. The maximum absolute atomic E-state index is 5.82. The molecule has 1 aromatic rings. The van der Waals surface area contributed by atoms with Crippen LogP contribution < -0.4 is 5.73 Å². The summed E-state index contributed by atoms with van der Waals surface area (Å²) in [6.07, 6.45) is 0. The number of nitrogens with two attached hydrogens (primary N) is 1. The number of aryl methyl sites for hydroxylation is 1. The average molecular weight is 201 g/mol. The lowest BCUT2D eigenvalue weighted by atomic mass is 10.1. The Morgan fingerprint density at radius 1 is 1.54 bits per heavy atom. The van der Waals surface area contributed by atoms with Crippen molar-refractivity contribution in [3.8, 4) is 0 Å². The summed E-state index contributed by atoms with van der Waals surface area (Å²) in [5.41, 5.74) is 5.68. The molecule has 74 valence electrons. The molecule has 0 atom stereocenters. The van der Waals surface area contributed by atoms with Crippen molar-refractivity contribution >= 4 is 11.8 Å². The van der Waals surface area contributed by atoms with Crippen LogP contribution in [-0.4, -0.2) is 21.4 Å². The molecule has 13 heavy (non-hydrogen) atoms. The second kappa shape index (κ2) is 4.11. The van der Waals surface area contributed by atoms with E-state index in [2.05, 4.69) is 10.1 Å². The van der Waals surface area contributed by atoms with E-state index in [0.717, 1.165) is 11.5 Å². The molecule has 0 aliphatic heterocycles. The van der Waals surface area contributed by atoms with Crippen LogP contribution in [0.2, 0.25) is 0 Å². The SMILES string of the molecule is Cc1noc(CSCC(C)(C)N)n1. The lowest BCUT2D eigenvalue weighted by molar-refractivity contribution is 0.387. The Balaban J connectivity index is 2.28. The summed E-state index contributed by atoms with van der Waals surface area (Å²) in [4.78, 5) is 4.09. The zero-order valence-electron chi connectivity index (χ0n) is 8.20. The predicted octanol–water partition coefficient (Wildman–Crippen LogP) is 1.35. The molecule has 0 unspecified atom stereocenters. The average Bonchev–Trinajstić information content (AvgIpc) is 2.33. The van der Waals surface area contributed by atoms with E-state index in [1.807, 2.05) is 20.8 Å². The molecular weight excluding hydrogens is 186 g/mol. The van der Waals surface area contributed by atoms with Crippen LogP contribution in [0, 0.1) is 6.92 Å². The molecule has 0 fully saturated rings. The molecule has 1 aromatic heterocycles. The van der Waals surface area contributed by atoms with E-state index in [1.165, 1.54) is 0 Å². The minimum absolute atomic E-state index is 0.139. The van der Waals surface area contributed by atoms with Crippen molar-refractivity contribution in [3.63, 3.8) is 0 Å². The van der Waals surface area contributed by atoms with Crippen LogP contribution in [0.25, 0.3) is 0 Å². The highest BCUT2D eigenvalue weighted by Gasteiger charge is 2.11. The first-order chi connectivity index (χ1) is 5.97. The van der Waals surface area contributed by atoms with E-state index in [-0.39, 0.29) is 5.54 Å².